The first-order valence-corrected chi connectivity index (χ1v) is 9.98. The minimum Gasteiger partial charge on any atom is -0.490 e. The van der Waals surface area contributed by atoms with Gasteiger partial charge in [-0.1, -0.05) is 31.5 Å². The summed E-state index contributed by atoms with van der Waals surface area (Å²) in [7, 11) is 0. The van der Waals surface area contributed by atoms with Gasteiger partial charge in [0.1, 0.15) is 0 Å². The number of carbonyl (C=O) groups is 1. The summed E-state index contributed by atoms with van der Waals surface area (Å²) in [4.78, 5) is 12.3. The van der Waals surface area contributed by atoms with Crippen molar-refractivity contribution in [1.29, 1.82) is 0 Å². The number of hydrogen-bond acceptors (Lipinski definition) is 5. The lowest BCUT2D eigenvalue weighted by atomic mass is 10.1. The molecular weight excluding hydrogens is 356 g/mol. The van der Waals surface area contributed by atoms with Crippen LogP contribution in [0.1, 0.15) is 45.6 Å². The lowest BCUT2D eigenvalue weighted by molar-refractivity contribution is -0.134. The molecule has 2 aromatic carbocycles. The van der Waals surface area contributed by atoms with Crippen molar-refractivity contribution in [1.82, 2.24) is 0 Å². The minimum absolute atomic E-state index is 0.266. The molecule has 2 aromatic rings. The predicted octanol–water partition coefficient (Wildman–Crippen LogP) is 5.20. The Labute approximate surface area is 167 Å². The van der Waals surface area contributed by atoms with Crippen LogP contribution in [-0.4, -0.2) is 25.8 Å². The molecule has 0 saturated carbocycles. The van der Waals surface area contributed by atoms with E-state index in [-0.39, 0.29) is 12.4 Å². The van der Waals surface area contributed by atoms with E-state index in [9.17, 15) is 4.79 Å². The summed E-state index contributed by atoms with van der Waals surface area (Å²) in [5.74, 6) is 2.18. The van der Waals surface area contributed by atoms with Crippen LogP contribution in [-0.2, 0) is 11.2 Å². The van der Waals surface area contributed by atoms with E-state index >= 15 is 0 Å². The van der Waals surface area contributed by atoms with Gasteiger partial charge < -0.3 is 18.9 Å². The molecule has 0 aromatic heterocycles. The van der Waals surface area contributed by atoms with Crippen molar-refractivity contribution in [2.75, 3.05) is 19.8 Å². The number of aryl methyl sites for hydroxylation is 1. The van der Waals surface area contributed by atoms with Crippen molar-refractivity contribution in [3.8, 4) is 23.0 Å². The molecule has 0 amide bonds. The highest BCUT2D eigenvalue weighted by atomic mass is 16.6. The number of hydrogen-bond donors (Lipinski definition) is 0. The monoisotopic (exact) mass is 386 g/mol. The molecule has 5 heteroatoms. The third-order valence-corrected chi connectivity index (χ3v) is 4.05. The fourth-order valence-electron chi connectivity index (χ4n) is 2.65. The zero-order chi connectivity index (χ0) is 20.2. The number of unbranched alkanes of at least 4 members (excludes halogenated alkanes) is 1. The molecule has 0 aliphatic carbocycles. The van der Waals surface area contributed by atoms with Crippen molar-refractivity contribution in [3.05, 3.63) is 48.0 Å². The van der Waals surface area contributed by atoms with E-state index in [0.29, 0.717) is 43.5 Å². The summed E-state index contributed by atoms with van der Waals surface area (Å²) >= 11 is 0. The van der Waals surface area contributed by atoms with Gasteiger partial charge in [0.15, 0.2) is 23.0 Å². The maximum atomic E-state index is 12.3. The molecule has 5 nitrogen and oxygen atoms in total. The standard InChI is InChI=1S/C23H30O5/c1-4-7-16-27-20-14-12-18(17-22(20)26-6-3)13-15-23(24)28-21-11-9-8-10-19(21)25-5-2/h8-12,14,17H,4-7,13,15-16H2,1-3H3. The average molecular weight is 386 g/mol. The van der Waals surface area contributed by atoms with Crippen LogP contribution >= 0.6 is 0 Å². The molecule has 28 heavy (non-hydrogen) atoms. The number of esters is 1. The van der Waals surface area contributed by atoms with Crippen LogP contribution in [0.4, 0.5) is 0 Å². The second kappa shape index (κ2) is 11.9. The Bertz CT molecular complexity index is 742. The number of ether oxygens (including phenoxy) is 4. The Hall–Kier alpha value is -2.69. The van der Waals surface area contributed by atoms with Gasteiger partial charge in [-0.3, -0.25) is 4.79 Å². The second-order valence-corrected chi connectivity index (χ2v) is 6.27. The zero-order valence-corrected chi connectivity index (χ0v) is 17.0. The first-order chi connectivity index (χ1) is 13.7. The van der Waals surface area contributed by atoms with Gasteiger partial charge in [-0.05, 0) is 56.5 Å². The molecular formula is C23H30O5. The molecule has 0 unspecified atom stereocenters. The molecule has 0 N–H and O–H groups in total. The number of para-hydroxylation sites is 2. The fraction of sp³-hybridized carbons (Fsp3) is 0.435. The quantitative estimate of drug-likeness (QED) is 0.285. The number of rotatable bonds is 12. The lowest BCUT2D eigenvalue weighted by Gasteiger charge is -2.13. The highest BCUT2D eigenvalue weighted by molar-refractivity contribution is 5.73. The van der Waals surface area contributed by atoms with E-state index in [0.717, 1.165) is 24.2 Å². The maximum Gasteiger partial charge on any atom is 0.311 e. The normalized spacial score (nSPS) is 10.4. The van der Waals surface area contributed by atoms with E-state index in [1.165, 1.54) is 0 Å². The molecule has 0 aliphatic heterocycles. The third-order valence-electron chi connectivity index (χ3n) is 4.05. The van der Waals surface area contributed by atoms with Crippen LogP contribution in [0.5, 0.6) is 23.0 Å². The minimum atomic E-state index is -0.298. The second-order valence-electron chi connectivity index (χ2n) is 6.27. The average Bonchev–Trinajstić information content (AvgIpc) is 2.70. The molecule has 0 fully saturated rings. The third kappa shape index (κ3) is 6.80. The van der Waals surface area contributed by atoms with Crippen molar-refractivity contribution >= 4 is 5.97 Å². The Kier molecular flexibility index (Phi) is 9.19. The van der Waals surface area contributed by atoms with Gasteiger partial charge >= 0.3 is 5.97 Å². The molecule has 2 rings (SSSR count). The lowest BCUT2D eigenvalue weighted by Crippen LogP contribution is -2.10. The van der Waals surface area contributed by atoms with Gasteiger partial charge in [-0.15, -0.1) is 0 Å². The summed E-state index contributed by atoms with van der Waals surface area (Å²) in [6.45, 7) is 7.70. The Morgan fingerprint density at radius 3 is 2.21 bits per heavy atom. The first kappa shape index (κ1) is 21.6. The van der Waals surface area contributed by atoms with Gasteiger partial charge in [0.05, 0.1) is 19.8 Å². The van der Waals surface area contributed by atoms with E-state index < -0.39 is 0 Å². The molecule has 0 aliphatic rings. The van der Waals surface area contributed by atoms with Gasteiger partial charge in [0.2, 0.25) is 0 Å². The molecule has 0 spiro atoms. The maximum absolute atomic E-state index is 12.3. The van der Waals surface area contributed by atoms with Crippen molar-refractivity contribution in [3.63, 3.8) is 0 Å². The summed E-state index contributed by atoms with van der Waals surface area (Å²) < 4.78 is 22.4. The molecule has 0 atom stereocenters. The topological polar surface area (TPSA) is 54.0 Å². The molecule has 0 saturated heterocycles. The van der Waals surface area contributed by atoms with Crippen LogP contribution in [0, 0.1) is 0 Å². The van der Waals surface area contributed by atoms with Gasteiger partial charge in [-0.2, -0.15) is 0 Å². The van der Waals surface area contributed by atoms with Gasteiger partial charge in [0.25, 0.3) is 0 Å². The van der Waals surface area contributed by atoms with E-state index in [4.69, 9.17) is 18.9 Å². The highest BCUT2D eigenvalue weighted by Gasteiger charge is 2.12. The zero-order valence-electron chi connectivity index (χ0n) is 17.0. The molecule has 152 valence electrons. The smallest absolute Gasteiger partial charge is 0.311 e. The largest absolute Gasteiger partial charge is 0.490 e. The molecule has 0 heterocycles. The summed E-state index contributed by atoms with van der Waals surface area (Å²) in [5, 5.41) is 0. The van der Waals surface area contributed by atoms with Crippen molar-refractivity contribution < 1.29 is 23.7 Å². The summed E-state index contributed by atoms with van der Waals surface area (Å²) in [6.07, 6.45) is 2.91. The van der Waals surface area contributed by atoms with Crippen LogP contribution in [0.25, 0.3) is 0 Å². The first-order valence-electron chi connectivity index (χ1n) is 9.98. The van der Waals surface area contributed by atoms with E-state index in [1.54, 1.807) is 12.1 Å². The highest BCUT2D eigenvalue weighted by Crippen LogP contribution is 2.30. The van der Waals surface area contributed by atoms with Gasteiger partial charge in [-0.25, -0.2) is 0 Å². The number of carbonyl (C=O) groups excluding carboxylic acids is 1. The van der Waals surface area contributed by atoms with Crippen LogP contribution in [0.2, 0.25) is 0 Å². The fourth-order valence-corrected chi connectivity index (χ4v) is 2.65. The van der Waals surface area contributed by atoms with E-state index in [1.807, 2.05) is 44.2 Å². The van der Waals surface area contributed by atoms with Crippen LogP contribution in [0.15, 0.2) is 42.5 Å². The Morgan fingerprint density at radius 2 is 1.50 bits per heavy atom. The predicted molar refractivity (Wildman–Crippen MR) is 110 cm³/mol. The Morgan fingerprint density at radius 1 is 0.821 bits per heavy atom. The summed E-state index contributed by atoms with van der Waals surface area (Å²) in [5.41, 5.74) is 1.00. The summed E-state index contributed by atoms with van der Waals surface area (Å²) in [6, 6.07) is 13.0. The van der Waals surface area contributed by atoms with Crippen LogP contribution < -0.4 is 18.9 Å². The molecule has 0 bridgehead atoms. The van der Waals surface area contributed by atoms with E-state index in [2.05, 4.69) is 6.92 Å². The molecule has 0 radical (unpaired) electrons. The van der Waals surface area contributed by atoms with Gasteiger partial charge in [0, 0.05) is 6.42 Å². The van der Waals surface area contributed by atoms with Crippen molar-refractivity contribution in [2.24, 2.45) is 0 Å². The number of benzene rings is 2. The Balaban J connectivity index is 1.96. The van der Waals surface area contributed by atoms with Crippen LogP contribution in [0.3, 0.4) is 0 Å². The van der Waals surface area contributed by atoms with Crippen molar-refractivity contribution in [2.45, 2.75) is 46.5 Å². The SMILES string of the molecule is CCCCOc1ccc(CCC(=O)Oc2ccccc2OCC)cc1OCC.